The molecule has 138 valence electrons. The van der Waals surface area contributed by atoms with Gasteiger partial charge in [0, 0.05) is 0 Å². The van der Waals surface area contributed by atoms with Gasteiger partial charge in [-0.25, -0.2) is 4.79 Å². The number of aryl methyl sites for hydroxylation is 2. The first kappa shape index (κ1) is 20.0. The Kier molecular flexibility index (Phi) is 7.65. The van der Waals surface area contributed by atoms with Crippen LogP contribution in [0.25, 0.3) is 11.6 Å². The molecule has 26 heavy (non-hydrogen) atoms. The summed E-state index contributed by atoms with van der Waals surface area (Å²) in [5, 5.41) is 9.01. The molecule has 0 amide bonds. The number of hydrogen-bond acceptors (Lipinski definition) is 1. The highest BCUT2D eigenvalue weighted by atomic mass is 16.4. The number of allylic oxidation sites excluding steroid dienone is 1. The van der Waals surface area contributed by atoms with E-state index in [0.717, 1.165) is 18.4 Å². The minimum atomic E-state index is -0.888. The van der Waals surface area contributed by atoms with Crippen molar-refractivity contribution in [1.82, 2.24) is 0 Å². The Balaban J connectivity index is 2.26. The van der Waals surface area contributed by atoms with Gasteiger partial charge in [-0.3, -0.25) is 0 Å². The molecule has 0 aliphatic carbocycles. The zero-order chi connectivity index (χ0) is 18.9. The molecule has 0 radical (unpaired) electrons. The number of carbonyl (C=O) groups is 1. The quantitative estimate of drug-likeness (QED) is 0.515. The third-order valence-electron chi connectivity index (χ3n) is 4.80. The van der Waals surface area contributed by atoms with E-state index in [-0.39, 0.29) is 0 Å². The second kappa shape index (κ2) is 9.96. The van der Waals surface area contributed by atoms with Crippen LogP contribution in [0.1, 0.15) is 79.1 Å². The van der Waals surface area contributed by atoms with Gasteiger partial charge in [-0.2, -0.15) is 0 Å². The van der Waals surface area contributed by atoms with E-state index < -0.39 is 5.97 Å². The highest BCUT2D eigenvalue weighted by molar-refractivity contribution is 5.88. The third-order valence-corrected chi connectivity index (χ3v) is 4.80. The summed E-state index contributed by atoms with van der Waals surface area (Å²) in [7, 11) is 0. The van der Waals surface area contributed by atoms with Crippen molar-refractivity contribution in [2.75, 3.05) is 0 Å². The molecule has 2 rings (SSSR count). The molecule has 1 N–H and O–H groups in total. The lowest BCUT2D eigenvalue weighted by atomic mass is 9.93. The summed E-state index contributed by atoms with van der Waals surface area (Å²) in [6, 6.07) is 13.9. The molecule has 0 heterocycles. The first-order chi connectivity index (χ1) is 12.5. The van der Waals surface area contributed by atoms with Gasteiger partial charge in [-0.1, -0.05) is 63.1 Å². The van der Waals surface area contributed by atoms with Crippen molar-refractivity contribution < 1.29 is 9.90 Å². The zero-order valence-electron chi connectivity index (χ0n) is 16.2. The summed E-state index contributed by atoms with van der Waals surface area (Å²) in [4.78, 5) is 11.0. The highest BCUT2D eigenvalue weighted by Gasteiger charge is 2.06. The average Bonchev–Trinajstić information content (AvgIpc) is 2.65. The van der Waals surface area contributed by atoms with Gasteiger partial charge in [-0.15, -0.1) is 0 Å². The second-order valence-electron chi connectivity index (χ2n) is 6.95. The fourth-order valence-electron chi connectivity index (χ4n) is 3.14. The van der Waals surface area contributed by atoms with Crippen molar-refractivity contribution in [3.63, 3.8) is 0 Å². The number of carboxylic acid groups (broad SMARTS) is 1. The molecule has 0 fully saturated rings. The standard InChI is InChI=1S/C24H30O2/c1-4-6-8-20-14-15-22(17-23(20)9-7-5-2)18(3)16-19-10-12-21(13-11-19)24(25)26/h10-17H,4-9H2,1-3H3,(H,25,26)/b18-16+. The van der Waals surface area contributed by atoms with E-state index in [9.17, 15) is 4.79 Å². The van der Waals surface area contributed by atoms with Crippen LogP contribution in [0.5, 0.6) is 0 Å². The molecule has 0 spiro atoms. The lowest BCUT2D eigenvalue weighted by Gasteiger charge is -2.12. The predicted octanol–water partition coefficient (Wildman–Crippen LogP) is 6.63. The van der Waals surface area contributed by atoms with E-state index in [0.29, 0.717) is 5.56 Å². The van der Waals surface area contributed by atoms with Crippen LogP contribution in [0.4, 0.5) is 0 Å². The molecule has 0 aliphatic rings. The summed E-state index contributed by atoms with van der Waals surface area (Å²) in [6.07, 6.45) is 9.32. The van der Waals surface area contributed by atoms with Crippen LogP contribution in [0.15, 0.2) is 42.5 Å². The minimum absolute atomic E-state index is 0.321. The van der Waals surface area contributed by atoms with E-state index in [4.69, 9.17) is 5.11 Å². The van der Waals surface area contributed by atoms with Crippen molar-refractivity contribution >= 4 is 17.6 Å². The summed E-state index contributed by atoms with van der Waals surface area (Å²) in [5.74, 6) is -0.888. The Labute approximate surface area is 157 Å². The van der Waals surface area contributed by atoms with Gasteiger partial charge in [-0.05, 0) is 72.6 Å². The zero-order valence-corrected chi connectivity index (χ0v) is 16.2. The topological polar surface area (TPSA) is 37.3 Å². The molecule has 2 aromatic carbocycles. The largest absolute Gasteiger partial charge is 0.478 e. The molecule has 0 bridgehead atoms. The molecule has 0 saturated heterocycles. The summed E-state index contributed by atoms with van der Waals surface area (Å²) < 4.78 is 0. The predicted molar refractivity (Wildman–Crippen MR) is 111 cm³/mol. The van der Waals surface area contributed by atoms with Crippen molar-refractivity contribution in [2.45, 2.75) is 59.3 Å². The van der Waals surface area contributed by atoms with Crippen molar-refractivity contribution in [3.8, 4) is 0 Å². The molecule has 0 unspecified atom stereocenters. The van der Waals surface area contributed by atoms with Crippen LogP contribution in [0.2, 0.25) is 0 Å². The number of carboxylic acids is 1. The number of unbranched alkanes of at least 4 members (excludes halogenated alkanes) is 2. The summed E-state index contributed by atoms with van der Waals surface area (Å²) in [5.41, 5.74) is 6.76. The second-order valence-corrected chi connectivity index (χ2v) is 6.95. The van der Waals surface area contributed by atoms with Crippen LogP contribution in [-0.2, 0) is 12.8 Å². The first-order valence-corrected chi connectivity index (χ1v) is 9.69. The Morgan fingerprint density at radius 2 is 1.46 bits per heavy atom. The monoisotopic (exact) mass is 350 g/mol. The Morgan fingerprint density at radius 3 is 2.04 bits per heavy atom. The maximum absolute atomic E-state index is 11.0. The molecule has 0 atom stereocenters. The number of rotatable bonds is 9. The Bertz CT molecular complexity index is 754. The van der Waals surface area contributed by atoms with Crippen LogP contribution in [-0.4, -0.2) is 11.1 Å². The molecular weight excluding hydrogens is 320 g/mol. The Hall–Kier alpha value is -2.35. The van der Waals surface area contributed by atoms with E-state index >= 15 is 0 Å². The molecule has 2 nitrogen and oxygen atoms in total. The molecule has 0 aliphatic heterocycles. The number of aromatic carboxylic acids is 1. The first-order valence-electron chi connectivity index (χ1n) is 9.69. The van der Waals surface area contributed by atoms with Crippen LogP contribution in [0, 0.1) is 0 Å². The molecule has 2 aromatic rings. The van der Waals surface area contributed by atoms with Crippen LogP contribution >= 0.6 is 0 Å². The SMILES string of the molecule is CCCCc1ccc(/C(C)=C/c2ccc(C(=O)O)cc2)cc1CCCC. The third kappa shape index (κ3) is 5.59. The van der Waals surface area contributed by atoms with Gasteiger partial charge in [0.15, 0.2) is 0 Å². The van der Waals surface area contributed by atoms with Gasteiger partial charge >= 0.3 is 5.97 Å². The minimum Gasteiger partial charge on any atom is -0.478 e. The highest BCUT2D eigenvalue weighted by Crippen LogP contribution is 2.23. The van der Waals surface area contributed by atoms with Gasteiger partial charge in [0.05, 0.1) is 5.56 Å². The average molecular weight is 351 g/mol. The van der Waals surface area contributed by atoms with Crippen LogP contribution in [0.3, 0.4) is 0 Å². The van der Waals surface area contributed by atoms with Crippen LogP contribution < -0.4 is 0 Å². The van der Waals surface area contributed by atoms with E-state index in [1.54, 1.807) is 12.1 Å². The summed E-state index contributed by atoms with van der Waals surface area (Å²) in [6.45, 7) is 6.60. The normalized spacial score (nSPS) is 11.6. The fraction of sp³-hybridized carbons (Fsp3) is 0.375. The lowest BCUT2D eigenvalue weighted by Crippen LogP contribution is -1.97. The van der Waals surface area contributed by atoms with E-state index in [2.05, 4.69) is 45.0 Å². The number of benzene rings is 2. The van der Waals surface area contributed by atoms with Crippen molar-refractivity contribution in [1.29, 1.82) is 0 Å². The fourth-order valence-corrected chi connectivity index (χ4v) is 3.14. The van der Waals surface area contributed by atoms with Gasteiger partial charge < -0.3 is 5.11 Å². The number of hydrogen-bond donors (Lipinski definition) is 1. The van der Waals surface area contributed by atoms with Gasteiger partial charge in [0.1, 0.15) is 0 Å². The van der Waals surface area contributed by atoms with Crippen molar-refractivity contribution in [2.24, 2.45) is 0 Å². The van der Waals surface area contributed by atoms with Gasteiger partial charge in [0.25, 0.3) is 0 Å². The lowest BCUT2D eigenvalue weighted by molar-refractivity contribution is 0.0697. The van der Waals surface area contributed by atoms with E-state index in [1.807, 2.05) is 12.1 Å². The maximum Gasteiger partial charge on any atom is 0.335 e. The molecular formula is C24H30O2. The van der Waals surface area contributed by atoms with Crippen molar-refractivity contribution in [3.05, 3.63) is 70.3 Å². The maximum atomic E-state index is 11.0. The molecule has 0 aromatic heterocycles. The van der Waals surface area contributed by atoms with E-state index in [1.165, 1.54) is 47.9 Å². The smallest absolute Gasteiger partial charge is 0.335 e. The van der Waals surface area contributed by atoms with Gasteiger partial charge in [0.2, 0.25) is 0 Å². The molecule has 2 heteroatoms. The summed E-state index contributed by atoms with van der Waals surface area (Å²) >= 11 is 0. The molecule has 0 saturated carbocycles. The Morgan fingerprint density at radius 1 is 0.885 bits per heavy atom.